The maximum atomic E-state index is 12.0. The van der Waals surface area contributed by atoms with Crippen LogP contribution in [-0.4, -0.2) is 30.2 Å². The van der Waals surface area contributed by atoms with Crippen molar-refractivity contribution in [3.63, 3.8) is 0 Å². The van der Waals surface area contributed by atoms with E-state index in [9.17, 15) is 4.79 Å². The molecule has 0 spiro atoms. The van der Waals surface area contributed by atoms with Crippen LogP contribution in [0.25, 0.3) is 11.0 Å². The summed E-state index contributed by atoms with van der Waals surface area (Å²) in [5.41, 5.74) is 2.52. The Morgan fingerprint density at radius 3 is 2.50 bits per heavy atom. The van der Waals surface area contributed by atoms with E-state index < -0.39 is 5.97 Å². The fourth-order valence-corrected chi connectivity index (χ4v) is 2.33. The molecule has 0 atom stereocenters. The first-order valence-corrected chi connectivity index (χ1v) is 7.43. The number of nitrogens with zero attached hydrogens (tertiary/aromatic N) is 2. The summed E-state index contributed by atoms with van der Waals surface area (Å²) in [4.78, 5) is 20.9. The molecule has 122 valence electrons. The van der Waals surface area contributed by atoms with E-state index in [1.165, 1.54) is 7.11 Å². The van der Waals surface area contributed by atoms with Gasteiger partial charge >= 0.3 is 5.97 Å². The number of rotatable bonds is 5. The second-order valence-electron chi connectivity index (χ2n) is 5.11. The number of carbonyl (C=O) groups excluding carboxylic acids is 1. The van der Waals surface area contributed by atoms with Gasteiger partial charge in [0.2, 0.25) is 0 Å². The summed E-state index contributed by atoms with van der Waals surface area (Å²) in [6.07, 6.45) is 0. The summed E-state index contributed by atoms with van der Waals surface area (Å²) in [6, 6.07) is 15.0. The third-order valence-electron chi connectivity index (χ3n) is 3.54. The van der Waals surface area contributed by atoms with Gasteiger partial charge in [-0.15, -0.1) is 0 Å². The first-order valence-electron chi connectivity index (χ1n) is 7.43. The molecule has 0 fully saturated rings. The first-order chi connectivity index (χ1) is 11.7. The summed E-state index contributed by atoms with van der Waals surface area (Å²) < 4.78 is 10.0. The van der Waals surface area contributed by atoms with E-state index >= 15 is 0 Å². The Balaban J connectivity index is 1.93. The fourth-order valence-electron chi connectivity index (χ4n) is 2.33. The zero-order chi connectivity index (χ0) is 16.9. The molecule has 6 nitrogen and oxygen atoms in total. The van der Waals surface area contributed by atoms with Crippen molar-refractivity contribution in [1.82, 2.24) is 9.97 Å². The minimum absolute atomic E-state index is 0.166. The minimum Gasteiger partial charge on any atom is -0.497 e. The number of methoxy groups -OCH3 is 2. The van der Waals surface area contributed by atoms with Gasteiger partial charge in [0, 0.05) is 6.54 Å². The number of aromatic nitrogens is 2. The summed E-state index contributed by atoms with van der Waals surface area (Å²) in [6.45, 7) is 0.480. The predicted octanol–water partition coefficient (Wildman–Crippen LogP) is 3.04. The van der Waals surface area contributed by atoms with Crippen LogP contribution in [0.3, 0.4) is 0 Å². The van der Waals surface area contributed by atoms with Gasteiger partial charge in [0.25, 0.3) is 0 Å². The van der Waals surface area contributed by atoms with E-state index in [4.69, 9.17) is 9.47 Å². The molecule has 0 bridgehead atoms. The molecule has 1 aromatic heterocycles. The molecule has 0 aliphatic rings. The lowest BCUT2D eigenvalue weighted by Gasteiger charge is -2.11. The van der Waals surface area contributed by atoms with E-state index in [2.05, 4.69) is 15.3 Å². The van der Waals surface area contributed by atoms with Crippen LogP contribution < -0.4 is 10.1 Å². The lowest BCUT2D eigenvalue weighted by atomic mass is 10.2. The average Bonchev–Trinajstić information content (AvgIpc) is 2.65. The molecule has 24 heavy (non-hydrogen) atoms. The number of esters is 1. The van der Waals surface area contributed by atoms with Crippen molar-refractivity contribution in [3.8, 4) is 5.75 Å². The molecule has 1 N–H and O–H groups in total. The average molecular weight is 323 g/mol. The molecule has 6 heteroatoms. The Hall–Kier alpha value is -3.15. The normalized spacial score (nSPS) is 10.4. The van der Waals surface area contributed by atoms with Crippen LogP contribution in [0.2, 0.25) is 0 Å². The van der Waals surface area contributed by atoms with Crippen LogP contribution in [0.5, 0.6) is 5.75 Å². The maximum absolute atomic E-state index is 12.0. The Bertz CT molecular complexity index is 880. The lowest BCUT2D eigenvalue weighted by molar-refractivity contribution is 0.0595. The predicted molar refractivity (Wildman–Crippen MR) is 91.2 cm³/mol. The van der Waals surface area contributed by atoms with Crippen molar-refractivity contribution in [3.05, 3.63) is 59.8 Å². The second kappa shape index (κ2) is 6.95. The molecular formula is C18H17N3O3. The molecule has 0 saturated heterocycles. The molecule has 0 aliphatic carbocycles. The Morgan fingerprint density at radius 2 is 1.79 bits per heavy atom. The van der Waals surface area contributed by atoms with E-state index in [1.54, 1.807) is 13.2 Å². The van der Waals surface area contributed by atoms with Gasteiger partial charge in [-0.3, -0.25) is 0 Å². The largest absolute Gasteiger partial charge is 0.497 e. The molecule has 2 aromatic carbocycles. The summed E-state index contributed by atoms with van der Waals surface area (Å²) >= 11 is 0. The molecular weight excluding hydrogens is 306 g/mol. The van der Waals surface area contributed by atoms with Crippen LogP contribution in [-0.2, 0) is 11.3 Å². The SMILES string of the molecule is COC(=O)c1nc2ccccc2nc1NCc1cccc(OC)c1. The van der Waals surface area contributed by atoms with Gasteiger partial charge in [-0.25, -0.2) is 14.8 Å². The highest BCUT2D eigenvalue weighted by atomic mass is 16.5. The summed E-state index contributed by atoms with van der Waals surface area (Å²) in [5.74, 6) is 0.636. The number of carbonyl (C=O) groups is 1. The van der Waals surface area contributed by atoms with Gasteiger partial charge in [-0.2, -0.15) is 0 Å². The number of nitrogens with one attached hydrogen (secondary N) is 1. The van der Waals surface area contributed by atoms with Crippen LogP contribution >= 0.6 is 0 Å². The molecule has 0 saturated carbocycles. The highest BCUT2D eigenvalue weighted by molar-refractivity contribution is 5.95. The smallest absolute Gasteiger partial charge is 0.360 e. The number of fused-ring (bicyclic) bond motifs is 1. The van der Waals surface area contributed by atoms with Gasteiger partial charge < -0.3 is 14.8 Å². The molecule has 0 radical (unpaired) electrons. The summed E-state index contributed by atoms with van der Waals surface area (Å²) in [5, 5.41) is 3.16. The van der Waals surface area contributed by atoms with Crippen molar-refractivity contribution >= 4 is 22.8 Å². The van der Waals surface area contributed by atoms with Crippen molar-refractivity contribution in [1.29, 1.82) is 0 Å². The van der Waals surface area contributed by atoms with Crippen LogP contribution in [0.15, 0.2) is 48.5 Å². The molecule has 0 unspecified atom stereocenters. The van der Waals surface area contributed by atoms with Crippen molar-refractivity contribution in [2.45, 2.75) is 6.54 Å². The van der Waals surface area contributed by atoms with Crippen molar-refractivity contribution < 1.29 is 14.3 Å². The third-order valence-corrected chi connectivity index (χ3v) is 3.54. The Morgan fingerprint density at radius 1 is 1.04 bits per heavy atom. The Labute approximate surface area is 139 Å². The maximum Gasteiger partial charge on any atom is 0.360 e. The second-order valence-corrected chi connectivity index (χ2v) is 5.11. The van der Waals surface area contributed by atoms with E-state index in [1.807, 2.05) is 42.5 Å². The zero-order valence-electron chi connectivity index (χ0n) is 13.4. The van der Waals surface area contributed by atoms with Crippen LogP contribution in [0, 0.1) is 0 Å². The minimum atomic E-state index is -0.526. The van der Waals surface area contributed by atoms with Crippen molar-refractivity contribution in [2.24, 2.45) is 0 Å². The molecule has 3 rings (SSSR count). The standard InChI is InChI=1S/C18H17N3O3/c1-23-13-7-5-6-12(10-13)11-19-17-16(18(22)24-2)20-14-8-3-4-9-15(14)21-17/h3-10H,11H2,1-2H3,(H,19,21). The number of hydrogen-bond acceptors (Lipinski definition) is 6. The zero-order valence-corrected chi connectivity index (χ0v) is 13.4. The van der Waals surface area contributed by atoms with Gasteiger partial charge in [0.15, 0.2) is 11.5 Å². The van der Waals surface area contributed by atoms with E-state index in [0.717, 1.165) is 11.3 Å². The Kier molecular flexibility index (Phi) is 4.56. The van der Waals surface area contributed by atoms with E-state index in [0.29, 0.717) is 23.4 Å². The van der Waals surface area contributed by atoms with E-state index in [-0.39, 0.29) is 5.69 Å². The highest BCUT2D eigenvalue weighted by Crippen LogP contribution is 2.19. The van der Waals surface area contributed by atoms with Gasteiger partial charge in [-0.05, 0) is 29.8 Å². The van der Waals surface area contributed by atoms with Crippen molar-refractivity contribution in [2.75, 3.05) is 19.5 Å². The monoisotopic (exact) mass is 323 g/mol. The molecule has 1 heterocycles. The number of ether oxygens (including phenoxy) is 2. The third kappa shape index (κ3) is 3.27. The van der Waals surface area contributed by atoms with Gasteiger partial charge in [-0.1, -0.05) is 24.3 Å². The number of para-hydroxylation sites is 2. The topological polar surface area (TPSA) is 73.3 Å². The quantitative estimate of drug-likeness (QED) is 0.728. The molecule has 0 amide bonds. The van der Waals surface area contributed by atoms with Crippen LogP contribution in [0.1, 0.15) is 16.1 Å². The number of anilines is 1. The lowest BCUT2D eigenvalue weighted by Crippen LogP contribution is -2.12. The number of benzene rings is 2. The molecule has 0 aliphatic heterocycles. The number of hydrogen-bond donors (Lipinski definition) is 1. The molecule has 3 aromatic rings. The highest BCUT2D eigenvalue weighted by Gasteiger charge is 2.16. The summed E-state index contributed by atoms with van der Waals surface area (Å²) in [7, 11) is 2.95. The van der Waals surface area contributed by atoms with Gasteiger partial charge in [0.05, 0.1) is 25.3 Å². The van der Waals surface area contributed by atoms with Crippen LogP contribution in [0.4, 0.5) is 5.82 Å². The first kappa shape index (κ1) is 15.7. The van der Waals surface area contributed by atoms with Gasteiger partial charge in [0.1, 0.15) is 5.75 Å². The fraction of sp³-hybridized carbons (Fsp3) is 0.167.